The maximum atomic E-state index is 5.91. The molecule has 2 N–H and O–H groups in total. The summed E-state index contributed by atoms with van der Waals surface area (Å²) in [4.78, 5) is 0. The highest BCUT2D eigenvalue weighted by Crippen LogP contribution is 2.33. The molecule has 1 aromatic rings. The summed E-state index contributed by atoms with van der Waals surface area (Å²) in [5, 5.41) is 4.86. The minimum atomic E-state index is 0.613. The first kappa shape index (κ1) is 13.6. The summed E-state index contributed by atoms with van der Waals surface area (Å²) in [6.07, 6.45) is 7.29. The predicted molar refractivity (Wildman–Crippen MR) is 75.5 cm³/mol. The molecule has 1 aromatic heterocycles. The average Bonchev–Trinajstić information content (AvgIpc) is 2.77. The molecule has 0 saturated heterocycles. The number of hydrogen-bond donors (Lipinski definition) is 1. The van der Waals surface area contributed by atoms with Crippen LogP contribution in [0, 0.1) is 5.92 Å². The second-order valence-electron chi connectivity index (χ2n) is 5.64. The third-order valence-electron chi connectivity index (χ3n) is 4.41. The molecule has 0 aromatic carbocycles. The zero-order valence-corrected chi connectivity index (χ0v) is 12.1. The van der Waals surface area contributed by atoms with E-state index in [1.54, 1.807) is 0 Å². The largest absolute Gasteiger partial charge is 0.326 e. The predicted octanol–water partition coefficient (Wildman–Crippen LogP) is 3.22. The molecule has 1 heterocycles. The first-order valence-corrected chi connectivity index (χ1v) is 7.50. The molecule has 3 heteroatoms. The fourth-order valence-corrected chi connectivity index (χ4v) is 3.24. The van der Waals surface area contributed by atoms with E-state index < -0.39 is 0 Å². The van der Waals surface area contributed by atoms with Crippen molar-refractivity contribution >= 4 is 0 Å². The Kier molecular flexibility index (Phi) is 4.44. The van der Waals surface area contributed by atoms with Crippen LogP contribution in [-0.4, -0.2) is 9.78 Å². The van der Waals surface area contributed by atoms with E-state index >= 15 is 0 Å². The van der Waals surface area contributed by atoms with Gasteiger partial charge in [0.15, 0.2) is 0 Å². The molecule has 1 aliphatic rings. The van der Waals surface area contributed by atoms with Gasteiger partial charge in [-0.3, -0.25) is 4.68 Å². The summed E-state index contributed by atoms with van der Waals surface area (Å²) in [6, 6.07) is 0.613. The smallest absolute Gasteiger partial charge is 0.0669 e. The van der Waals surface area contributed by atoms with Crippen LogP contribution >= 0.6 is 0 Å². The molecule has 0 amide bonds. The first-order chi connectivity index (χ1) is 8.71. The molecule has 1 saturated carbocycles. The summed E-state index contributed by atoms with van der Waals surface area (Å²) in [5.74, 6) is 0.890. The van der Waals surface area contributed by atoms with Gasteiger partial charge in [0.05, 0.1) is 11.7 Å². The van der Waals surface area contributed by atoms with Gasteiger partial charge in [-0.15, -0.1) is 0 Å². The van der Waals surface area contributed by atoms with Crippen LogP contribution < -0.4 is 5.73 Å². The Hall–Kier alpha value is -0.830. The highest BCUT2D eigenvalue weighted by atomic mass is 15.3. The Balaban J connectivity index is 2.29. The lowest BCUT2D eigenvalue weighted by Crippen LogP contribution is -2.20. The zero-order valence-electron chi connectivity index (χ0n) is 12.1. The van der Waals surface area contributed by atoms with Crippen LogP contribution in [0.15, 0.2) is 0 Å². The molecule has 0 atom stereocenters. The average molecular weight is 249 g/mol. The molecule has 0 spiro atoms. The van der Waals surface area contributed by atoms with Crippen molar-refractivity contribution in [3.63, 3.8) is 0 Å². The molecule has 1 aliphatic carbocycles. The van der Waals surface area contributed by atoms with E-state index in [1.165, 1.54) is 42.6 Å². The third-order valence-corrected chi connectivity index (χ3v) is 4.41. The monoisotopic (exact) mass is 249 g/mol. The SMILES string of the molecule is CCc1nn(C2CCC(C)CC2)c(CC)c1CN. The Bertz CT molecular complexity index is 387. The maximum absolute atomic E-state index is 5.91. The van der Waals surface area contributed by atoms with E-state index in [9.17, 15) is 0 Å². The standard InChI is InChI=1S/C15H27N3/c1-4-14-13(10-16)15(5-2)18(17-14)12-8-6-11(3)7-9-12/h11-12H,4-10,16H2,1-3H3. The Morgan fingerprint density at radius 1 is 1.17 bits per heavy atom. The van der Waals surface area contributed by atoms with E-state index in [4.69, 9.17) is 10.8 Å². The van der Waals surface area contributed by atoms with Crippen LogP contribution in [0.4, 0.5) is 0 Å². The van der Waals surface area contributed by atoms with E-state index in [2.05, 4.69) is 25.5 Å². The molecule has 102 valence electrons. The fourth-order valence-electron chi connectivity index (χ4n) is 3.24. The van der Waals surface area contributed by atoms with Crippen molar-refractivity contribution in [2.45, 2.75) is 71.9 Å². The Morgan fingerprint density at radius 3 is 2.33 bits per heavy atom. The van der Waals surface area contributed by atoms with E-state index in [0.717, 1.165) is 18.8 Å². The molecule has 0 unspecified atom stereocenters. The zero-order chi connectivity index (χ0) is 13.1. The van der Waals surface area contributed by atoms with Crippen molar-refractivity contribution in [3.8, 4) is 0 Å². The molecular formula is C15H27N3. The minimum Gasteiger partial charge on any atom is -0.326 e. The molecular weight excluding hydrogens is 222 g/mol. The summed E-state index contributed by atoms with van der Waals surface area (Å²) < 4.78 is 2.31. The lowest BCUT2D eigenvalue weighted by Gasteiger charge is -2.27. The molecule has 0 bridgehead atoms. The third kappa shape index (κ3) is 2.46. The van der Waals surface area contributed by atoms with Gasteiger partial charge >= 0.3 is 0 Å². The highest BCUT2D eigenvalue weighted by molar-refractivity contribution is 5.27. The van der Waals surface area contributed by atoms with Crippen molar-refractivity contribution in [2.24, 2.45) is 11.7 Å². The van der Waals surface area contributed by atoms with Crippen molar-refractivity contribution < 1.29 is 0 Å². The molecule has 0 aliphatic heterocycles. The molecule has 1 fully saturated rings. The summed E-state index contributed by atoms with van der Waals surface area (Å²) in [6.45, 7) is 7.39. The van der Waals surface area contributed by atoms with Gasteiger partial charge in [-0.25, -0.2) is 0 Å². The molecule has 18 heavy (non-hydrogen) atoms. The van der Waals surface area contributed by atoms with Gasteiger partial charge in [-0.05, 0) is 44.4 Å². The van der Waals surface area contributed by atoms with Gasteiger partial charge in [-0.2, -0.15) is 5.10 Å². The second-order valence-corrected chi connectivity index (χ2v) is 5.64. The van der Waals surface area contributed by atoms with Gasteiger partial charge < -0.3 is 5.73 Å². The van der Waals surface area contributed by atoms with Crippen LogP contribution in [0.3, 0.4) is 0 Å². The van der Waals surface area contributed by atoms with Crippen molar-refractivity contribution in [3.05, 3.63) is 17.0 Å². The number of rotatable bonds is 4. The normalized spacial score (nSPS) is 24.4. The van der Waals surface area contributed by atoms with E-state index in [1.807, 2.05) is 0 Å². The minimum absolute atomic E-state index is 0.613. The first-order valence-electron chi connectivity index (χ1n) is 7.50. The van der Waals surface area contributed by atoms with Crippen molar-refractivity contribution in [2.75, 3.05) is 0 Å². The van der Waals surface area contributed by atoms with Crippen LogP contribution in [0.2, 0.25) is 0 Å². The number of nitrogens with two attached hydrogens (primary N) is 1. The fraction of sp³-hybridized carbons (Fsp3) is 0.800. The maximum Gasteiger partial charge on any atom is 0.0669 e. The lowest BCUT2D eigenvalue weighted by molar-refractivity contribution is 0.268. The molecule has 0 radical (unpaired) electrons. The summed E-state index contributed by atoms with van der Waals surface area (Å²) in [5.41, 5.74) is 9.82. The highest BCUT2D eigenvalue weighted by Gasteiger charge is 2.24. The number of hydrogen-bond acceptors (Lipinski definition) is 2. The lowest BCUT2D eigenvalue weighted by atomic mass is 9.87. The molecule has 2 rings (SSSR count). The van der Waals surface area contributed by atoms with E-state index in [0.29, 0.717) is 12.6 Å². The van der Waals surface area contributed by atoms with Crippen LogP contribution in [0.5, 0.6) is 0 Å². The summed E-state index contributed by atoms with van der Waals surface area (Å²) >= 11 is 0. The van der Waals surface area contributed by atoms with Gasteiger partial charge in [0, 0.05) is 17.8 Å². The number of aromatic nitrogens is 2. The Morgan fingerprint density at radius 2 is 1.83 bits per heavy atom. The summed E-state index contributed by atoms with van der Waals surface area (Å²) in [7, 11) is 0. The van der Waals surface area contributed by atoms with Crippen molar-refractivity contribution in [1.29, 1.82) is 0 Å². The number of nitrogens with zero attached hydrogens (tertiary/aromatic N) is 2. The van der Waals surface area contributed by atoms with Crippen LogP contribution in [0.25, 0.3) is 0 Å². The van der Waals surface area contributed by atoms with Crippen molar-refractivity contribution in [1.82, 2.24) is 9.78 Å². The van der Waals surface area contributed by atoms with E-state index in [-0.39, 0.29) is 0 Å². The van der Waals surface area contributed by atoms with Gasteiger partial charge in [0.2, 0.25) is 0 Å². The van der Waals surface area contributed by atoms with Crippen LogP contribution in [-0.2, 0) is 19.4 Å². The van der Waals surface area contributed by atoms with Gasteiger partial charge in [-0.1, -0.05) is 20.8 Å². The van der Waals surface area contributed by atoms with Gasteiger partial charge in [0.25, 0.3) is 0 Å². The Labute approximate surface area is 111 Å². The van der Waals surface area contributed by atoms with Gasteiger partial charge in [0.1, 0.15) is 0 Å². The second kappa shape index (κ2) is 5.87. The van der Waals surface area contributed by atoms with Crippen LogP contribution in [0.1, 0.15) is 69.4 Å². The molecule has 3 nitrogen and oxygen atoms in total. The quantitative estimate of drug-likeness (QED) is 0.890. The number of aryl methyl sites for hydroxylation is 1. The topological polar surface area (TPSA) is 43.8 Å².